The molecule has 33 heavy (non-hydrogen) atoms. The van der Waals surface area contributed by atoms with Crippen molar-refractivity contribution in [3.63, 3.8) is 0 Å². The van der Waals surface area contributed by atoms with Gasteiger partial charge in [-0.15, -0.1) is 0 Å². The van der Waals surface area contributed by atoms with E-state index in [1.807, 2.05) is 4.68 Å². The Hall–Kier alpha value is -2.24. The molecule has 5 aliphatic rings. The zero-order valence-electron chi connectivity index (χ0n) is 19.8. The number of aromatic nitrogens is 3. The van der Waals surface area contributed by atoms with Crippen LogP contribution in [0.15, 0.2) is 29.9 Å². The summed E-state index contributed by atoms with van der Waals surface area (Å²) in [6.07, 6.45) is 17.2. The topological polar surface area (TPSA) is 74.1 Å². The lowest BCUT2D eigenvalue weighted by Crippen LogP contribution is -2.50. The largest absolute Gasteiger partial charge is 0.462 e. The first kappa shape index (κ1) is 21.3. The quantitative estimate of drug-likeness (QED) is 0.368. The maximum absolute atomic E-state index is 12.4. The lowest BCUT2D eigenvalue weighted by molar-refractivity contribution is -0.159. The van der Waals surface area contributed by atoms with E-state index in [0.29, 0.717) is 17.8 Å². The fourth-order valence-corrected chi connectivity index (χ4v) is 8.16. The molecule has 176 valence electrons. The number of rotatable bonds is 4. The lowest BCUT2D eigenvalue weighted by atomic mass is 9.48. The number of esters is 1. The number of carbonyl (C=O) groups is 2. The summed E-state index contributed by atoms with van der Waals surface area (Å²) in [5.41, 5.74) is 3.64. The molecule has 1 aromatic heterocycles. The summed E-state index contributed by atoms with van der Waals surface area (Å²) in [7, 11) is 0. The van der Waals surface area contributed by atoms with E-state index in [-0.39, 0.29) is 28.8 Å². The van der Waals surface area contributed by atoms with E-state index >= 15 is 0 Å². The second kappa shape index (κ2) is 7.64. The smallest absolute Gasteiger partial charge is 0.309 e. The molecule has 0 radical (unpaired) electrons. The highest BCUT2D eigenvalue weighted by atomic mass is 16.5. The molecule has 0 spiro atoms. The van der Waals surface area contributed by atoms with E-state index in [1.165, 1.54) is 12.0 Å². The van der Waals surface area contributed by atoms with Gasteiger partial charge in [-0.05, 0) is 74.5 Å². The van der Waals surface area contributed by atoms with Crippen LogP contribution in [0.1, 0.15) is 78.1 Å². The van der Waals surface area contributed by atoms with Crippen molar-refractivity contribution < 1.29 is 14.3 Å². The molecule has 0 bridgehead atoms. The molecule has 0 aromatic carbocycles. The van der Waals surface area contributed by atoms with Crippen molar-refractivity contribution in [3.8, 4) is 0 Å². The number of hydrogen-bond acceptors (Lipinski definition) is 5. The Labute approximate surface area is 195 Å². The van der Waals surface area contributed by atoms with Crippen molar-refractivity contribution in [2.24, 2.45) is 34.5 Å². The Bertz CT molecular complexity index is 1020. The Balaban J connectivity index is 1.24. The van der Waals surface area contributed by atoms with E-state index in [4.69, 9.17) is 4.74 Å². The van der Waals surface area contributed by atoms with E-state index in [2.05, 4.69) is 30.0 Å². The highest BCUT2D eigenvalue weighted by Crippen LogP contribution is 2.66. The Morgan fingerprint density at radius 2 is 1.94 bits per heavy atom. The van der Waals surface area contributed by atoms with Crippen LogP contribution in [0.3, 0.4) is 0 Å². The molecule has 0 saturated heterocycles. The SMILES string of the molecule is C[C@]12CC[C@H](OC(=O)C3CCC3)CC1=CC[C@@H]1[C@@H]2CC[C@]2(C)C(n3cncn3)=C(C=O)C[C@@H]12. The summed E-state index contributed by atoms with van der Waals surface area (Å²) < 4.78 is 7.80. The van der Waals surface area contributed by atoms with Gasteiger partial charge in [0, 0.05) is 17.4 Å². The Morgan fingerprint density at radius 3 is 2.64 bits per heavy atom. The zero-order valence-corrected chi connectivity index (χ0v) is 19.8. The van der Waals surface area contributed by atoms with E-state index in [0.717, 1.165) is 75.3 Å². The van der Waals surface area contributed by atoms with Crippen molar-refractivity contribution in [2.75, 3.05) is 0 Å². The van der Waals surface area contributed by atoms with Gasteiger partial charge in [0.15, 0.2) is 0 Å². The van der Waals surface area contributed by atoms with Crippen LogP contribution in [0.2, 0.25) is 0 Å². The van der Waals surface area contributed by atoms with Gasteiger partial charge in [0.2, 0.25) is 0 Å². The van der Waals surface area contributed by atoms with E-state index in [1.54, 1.807) is 12.7 Å². The van der Waals surface area contributed by atoms with E-state index in [9.17, 15) is 9.59 Å². The van der Waals surface area contributed by atoms with Gasteiger partial charge in [0.1, 0.15) is 25.0 Å². The van der Waals surface area contributed by atoms with Crippen molar-refractivity contribution in [3.05, 3.63) is 29.9 Å². The predicted octanol–water partition coefficient (Wildman–Crippen LogP) is 4.97. The van der Waals surface area contributed by atoms with Crippen molar-refractivity contribution in [1.82, 2.24) is 14.8 Å². The molecule has 6 nitrogen and oxygen atoms in total. The number of allylic oxidation sites excluding steroid dienone is 3. The summed E-state index contributed by atoms with van der Waals surface area (Å²) in [5.74, 6) is 1.85. The molecular weight excluding hydrogens is 414 g/mol. The minimum atomic E-state index is -0.0394. The molecule has 0 aliphatic heterocycles. The van der Waals surface area contributed by atoms with Crippen LogP contribution in [0.4, 0.5) is 0 Å². The minimum Gasteiger partial charge on any atom is -0.462 e. The zero-order chi connectivity index (χ0) is 22.8. The van der Waals surface area contributed by atoms with Gasteiger partial charge < -0.3 is 4.74 Å². The van der Waals surface area contributed by atoms with Crippen molar-refractivity contribution >= 4 is 18.0 Å². The number of fused-ring (bicyclic) bond motifs is 5. The van der Waals surface area contributed by atoms with Crippen LogP contribution in [-0.2, 0) is 14.3 Å². The molecule has 6 rings (SSSR count). The molecule has 3 fully saturated rings. The van der Waals surface area contributed by atoms with Gasteiger partial charge in [-0.3, -0.25) is 9.59 Å². The predicted molar refractivity (Wildman–Crippen MR) is 124 cm³/mol. The molecule has 5 aliphatic carbocycles. The Morgan fingerprint density at radius 1 is 1.12 bits per heavy atom. The summed E-state index contributed by atoms with van der Waals surface area (Å²) in [6.45, 7) is 4.81. The molecule has 3 saturated carbocycles. The molecule has 1 aromatic rings. The van der Waals surface area contributed by atoms with Gasteiger partial charge in [0.25, 0.3) is 0 Å². The summed E-state index contributed by atoms with van der Waals surface area (Å²) in [5, 5.41) is 4.41. The fourth-order valence-electron chi connectivity index (χ4n) is 8.16. The Kier molecular flexibility index (Phi) is 4.93. The molecule has 0 N–H and O–H groups in total. The summed E-state index contributed by atoms with van der Waals surface area (Å²) in [4.78, 5) is 28.7. The van der Waals surface area contributed by atoms with Crippen molar-refractivity contribution in [1.29, 1.82) is 0 Å². The van der Waals surface area contributed by atoms with E-state index < -0.39 is 0 Å². The average Bonchev–Trinajstić information content (AvgIpc) is 3.37. The third-order valence-corrected chi connectivity index (χ3v) is 10.2. The number of hydrogen-bond donors (Lipinski definition) is 0. The molecule has 1 heterocycles. The maximum atomic E-state index is 12.4. The second-order valence-electron chi connectivity index (χ2n) is 11.7. The van der Waals surface area contributed by atoms with Crippen LogP contribution in [0, 0.1) is 34.5 Å². The van der Waals surface area contributed by atoms with Crippen LogP contribution < -0.4 is 0 Å². The average molecular weight is 450 g/mol. The number of aldehydes is 1. The summed E-state index contributed by atoms with van der Waals surface area (Å²) >= 11 is 0. The first-order valence-electron chi connectivity index (χ1n) is 12.9. The highest BCUT2D eigenvalue weighted by molar-refractivity contribution is 5.86. The van der Waals surface area contributed by atoms with Crippen LogP contribution >= 0.6 is 0 Å². The highest BCUT2D eigenvalue weighted by Gasteiger charge is 2.58. The van der Waals surface area contributed by atoms with Gasteiger partial charge in [-0.1, -0.05) is 31.9 Å². The third kappa shape index (κ3) is 3.12. The van der Waals surface area contributed by atoms with Crippen LogP contribution in [-0.4, -0.2) is 33.1 Å². The van der Waals surface area contributed by atoms with Gasteiger partial charge >= 0.3 is 5.97 Å². The van der Waals surface area contributed by atoms with Gasteiger partial charge in [0.05, 0.1) is 11.6 Å². The van der Waals surface area contributed by atoms with Gasteiger partial charge in [-0.2, -0.15) is 5.10 Å². The monoisotopic (exact) mass is 449 g/mol. The first-order valence-corrected chi connectivity index (χ1v) is 12.9. The number of carbonyl (C=O) groups excluding carboxylic acids is 2. The number of ether oxygens (including phenoxy) is 1. The molecular formula is C27H35N3O3. The third-order valence-electron chi connectivity index (χ3n) is 10.2. The molecule has 6 atom stereocenters. The molecule has 0 unspecified atom stereocenters. The molecule has 6 heteroatoms. The van der Waals surface area contributed by atoms with Crippen LogP contribution in [0.5, 0.6) is 0 Å². The molecule has 0 amide bonds. The standard InChI is InChI=1S/C27H35N3O3/c1-26-10-8-20(33-25(32)17-4-3-5-17)13-19(26)6-7-21-22(26)9-11-27(2)23(21)12-18(14-31)24(27)30-16-28-15-29-30/h6,14-17,20-23H,3-5,7-13H2,1-2H3/t20-,21+,22-,23-,26-,27-/m0/s1. The number of nitrogens with zero attached hydrogens (tertiary/aromatic N) is 3. The van der Waals surface area contributed by atoms with Crippen LogP contribution in [0.25, 0.3) is 5.70 Å². The van der Waals surface area contributed by atoms with Crippen molar-refractivity contribution in [2.45, 2.75) is 84.2 Å². The fraction of sp³-hybridized carbons (Fsp3) is 0.704. The lowest BCUT2D eigenvalue weighted by Gasteiger charge is -2.57. The minimum absolute atomic E-state index is 0.0386. The summed E-state index contributed by atoms with van der Waals surface area (Å²) in [6, 6.07) is 0. The first-order chi connectivity index (χ1) is 15.9. The second-order valence-corrected chi connectivity index (χ2v) is 11.7. The maximum Gasteiger partial charge on any atom is 0.309 e. The normalized spacial score (nSPS) is 40.2. The van der Waals surface area contributed by atoms with Gasteiger partial charge in [-0.25, -0.2) is 9.67 Å².